The van der Waals surface area contributed by atoms with Crippen molar-refractivity contribution >= 4 is 5.91 Å². The molecule has 1 aromatic carbocycles. The van der Waals surface area contributed by atoms with Gasteiger partial charge >= 0.3 is 0 Å². The Balaban J connectivity index is 1.77. The Morgan fingerprint density at radius 3 is 2.66 bits per heavy atom. The van der Waals surface area contributed by atoms with Crippen LogP contribution in [0.25, 0.3) is 16.9 Å². The molecular weight excluding hydrogens is 373 g/mol. The van der Waals surface area contributed by atoms with Crippen LogP contribution in [0.4, 0.5) is 4.39 Å². The second kappa shape index (κ2) is 8.16. The standard InChI is InChI=1S/C21H24FN5O2/c1-13(2)24-21(28)17-9-12-27(25-17)19-18(14-3-5-16(22)6-4-14)26-29-20(19)15-7-10-23-11-8-15/h3-6,9,12-13,15,23H,7-8,10-11H2,1-2H3,(H,24,28). The Morgan fingerprint density at radius 2 is 1.97 bits per heavy atom. The quantitative estimate of drug-likeness (QED) is 0.690. The number of hydrogen-bond donors (Lipinski definition) is 2. The zero-order valence-electron chi connectivity index (χ0n) is 16.5. The average Bonchev–Trinajstić information content (AvgIpc) is 3.36. The van der Waals surface area contributed by atoms with Gasteiger partial charge in [-0.25, -0.2) is 9.07 Å². The lowest BCUT2D eigenvalue weighted by Crippen LogP contribution is -2.30. The first kappa shape index (κ1) is 19.3. The number of benzene rings is 1. The van der Waals surface area contributed by atoms with Gasteiger partial charge in [-0.1, -0.05) is 5.16 Å². The predicted molar refractivity (Wildman–Crippen MR) is 106 cm³/mol. The van der Waals surface area contributed by atoms with Gasteiger partial charge in [-0.05, 0) is 70.1 Å². The molecule has 0 saturated carbocycles. The lowest BCUT2D eigenvalue weighted by atomic mass is 9.93. The number of piperidine rings is 1. The fourth-order valence-electron chi connectivity index (χ4n) is 3.57. The Hall–Kier alpha value is -3.00. The van der Waals surface area contributed by atoms with Crippen LogP contribution in [0.15, 0.2) is 41.1 Å². The maximum Gasteiger partial charge on any atom is 0.271 e. The van der Waals surface area contributed by atoms with Crippen LogP contribution in [0.5, 0.6) is 0 Å². The van der Waals surface area contributed by atoms with Crippen molar-refractivity contribution in [2.45, 2.75) is 38.6 Å². The fraction of sp³-hybridized carbons (Fsp3) is 0.381. The molecule has 0 atom stereocenters. The third-order valence-corrected chi connectivity index (χ3v) is 4.99. The van der Waals surface area contributed by atoms with E-state index in [0.29, 0.717) is 17.1 Å². The van der Waals surface area contributed by atoms with Crippen molar-refractivity contribution in [3.63, 3.8) is 0 Å². The number of nitrogens with one attached hydrogen (secondary N) is 2. The van der Waals surface area contributed by atoms with Gasteiger partial charge in [-0.2, -0.15) is 5.10 Å². The second-order valence-electron chi connectivity index (χ2n) is 7.55. The zero-order valence-corrected chi connectivity index (χ0v) is 16.5. The van der Waals surface area contributed by atoms with Crippen LogP contribution in [0.2, 0.25) is 0 Å². The number of nitrogens with zero attached hydrogens (tertiary/aromatic N) is 3. The summed E-state index contributed by atoms with van der Waals surface area (Å²) in [6, 6.07) is 7.80. The molecule has 0 radical (unpaired) electrons. The van der Waals surface area contributed by atoms with Crippen molar-refractivity contribution in [1.82, 2.24) is 25.6 Å². The Labute approximate surface area is 168 Å². The molecule has 152 valence electrons. The number of rotatable bonds is 5. The highest BCUT2D eigenvalue weighted by Crippen LogP contribution is 2.36. The van der Waals surface area contributed by atoms with Crippen LogP contribution < -0.4 is 10.6 Å². The molecule has 29 heavy (non-hydrogen) atoms. The van der Waals surface area contributed by atoms with E-state index in [2.05, 4.69) is 20.9 Å². The first-order chi connectivity index (χ1) is 14.0. The van der Waals surface area contributed by atoms with E-state index in [1.54, 1.807) is 29.1 Å². The smallest absolute Gasteiger partial charge is 0.271 e. The third-order valence-electron chi connectivity index (χ3n) is 4.99. The number of halogens is 1. The number of aromatic nitrogens is 3. The zero-order chi connectivity index (χ0) is 20.4. The molecule has 1 aliphatic rings. The molecule has 1 saturated heterocycles. The number of carbonyl (C=O) groups is 1. The molecule has 1 fully saturated rings. The highest BCUT2D eigenvalue weighted by molar-refractivity contribution is 5.92. The van der Waals surface area contributed by atoms with E-state index in [9.17, 15) is 9.18 Å². The van der Waals surface area contributed by atoms with Gasteiger partial charge in [-0.3, -0.25) is 4.79 Å². The summed E-state index contributed by atoms with van der Waals surface area (Å²) in [6.07, 6.45) is 3.58. The van der Waals surface area contributed by atoms with Crippen molar-refractivity contribution < 1.29 is 13.7 Å². The maximum atomic E-state index is 13.4. The van der Waals surface area contributed by atoms with Crippen LogP contribution >= 0.6 is 0 Å². The first-order valence-electron chi connectivity index (χ1n) is 9.86. The summed E-state index contributed by atoms with van der Waals surface area (Å²) in [5, 5.41) is 15.0. The summed E-state index contributed by atoms with van der Waals surface area (Å²) in [5.41, 5.74) is 2.33. The summed E-state index contributed by atoms with van der Waals surface area (Å²) in [5.74, 6) is 0.390. The van der Waals surface area contributed by atoms with E-state index in [0.717, 1.165) is 37.3 Å². The molecule has 0 spiro atoms. The topological polar surface area (TPSA) is 85.0 Å². The molecule has 1 aliphatic heterocycles. The lowest BCUT2D eigenvalue weighted by Gasteiger charge is -2.21. The third kappa shape index (κ3) is 4.07. The first-order valence-corrected chi connectivity index (χ1v) is 9.86. The molecule has 0 bridgehead atoms. The summed E-state index contributed by atoms with van der Waals surface area (Å²) < 4.78 is 20.8. The van der Waals surface area contributed by atoms with Gasteiger partial charge in [0.2, 0.25) is 0 Å². The van der Waals surface area contributed by atoms with Gasteiger partial charge in [0.05, 0.1) is 0 Å². The fourth-order valence-corrected chi connectivity index (χ4v) is 3.57. The molecule has 8 heteroatoms. The Bertz CT molecular complexity index is 987. The van der Waals surface area contributed by atoms with Crippen LogP contribution in [0.1, 0.15) is 48.9 Å². The van der Waals surface area contributed by atoms with Crippen LogP contribution in [0, 0.1) is 5.82 Å². The number of carbonyl (C=O) groups excluding carboxylic acids is 1. The monoisotopic (exact) mass is 397 g/mol. The number of hydrogen-bond acceptors (Lipinski definition) is 5. The van der Waals surface area contributed by atoms with Crippen LogP contribution in [-0.4, -0.2) is 40.0 Å². The van der Waals surface area contributed by atoms with Gasteiger partial charge in [-0.15, -0.1) is 0 Å². The second-order valence-corrected chi connectivity index (χ2v) is 7.55. The van der Waals surface area contributed by atoms with Gasteiger partial charge in [0.15, 0.2) is 11.5 Å². The van der Waals surface area contributed by atoms with Gasteiger partial charge < -0.3 is 15.2 Å². The molecule has 0 aliphatic carbocycles. The predicted octanol–water partition coefficient (Wildman–Crippen LogP) is 3.27. The van der Waals surface area contributed by atoms with E-state index in [4.69, 9.17) is 4.52 Å². The van der Waals surface area contributed by atoms with E-state index in [-0.39, 0.29) is 23.7 Å². The molecule has 2 N–H and O–H groups in total. The molecule has 0 unspecified atom stereocenters. The van der Waals surface area contributed by atoms with Crippen LogP contribution in [-0.2, 0) is 0 Å². The highest BCUT2D eigenvalue weighted by atomic mass is 19.1. The van der Waals surface area contributed by atoms with Crippen molar-refractivity contribution in [3.05, 3.63) is 53.8 Å². The highest BCUT2D eigenvalue weighted by Gasteiger charge is 2.28. The van der Waals surface area contributed by atoms with Crippen molar-refractivity contribution in [2.24, 2.45) is 0 Å². The molecule has 3 heterocycles. The Kier molecular flexibility index (Phi) is 5.44. The van der Waals surface area contributed by atoms with Crippen molar-refractivity contribution in [3.8, 4) is 16.9 Å². The molecule has 4 rings (SSSR count). The summed E-state index contributed by atoms with van der Waals surface area (Å²) in [7, 11) is 0. The van der Waals surface area contributed by atoms with Gasteiger partial charge in [0.25, 0.3) is 5.91 Å². The average molecular weight is 397 g/mol. The summed E-state index contributed by atoms with van der Waals surface area (Å²) in [4.78, 5) is 12.3. The molecule has 2 aromatic heterocycles. The molecular formula is C21H24FN5O2. The minimum Gasteiger partial charge on any atom is -0.358 e. The minimum atomic E-state index is -0.316. The normalized spacial score (nSPS) is 15.0. The SMILES string of the molecule is CC(C)NC(=O)c1ccn(-c2c(-c3ccc(F)cc3)noc2C2CCNCC2)n1. The molecule has 3 aromatic rings. The summed E-state index contributed by atoms with van der Waals surface area (Å²) >= 11 is 0. The lowest BCUT2D eigenvalue weighted by molar-refractivity contribution is 0.0937. The minimum absolute atomic E-state index is 0.0170. The van der Waals surface area contributed by atoms with Crippen molar-refractivity contribution in [1.29, 1.82) is 0 Å². The van der Waals surface area contributed by atoms with E-state index >= 15 is 0 Å². The van der Waals surface area contributed by atoms with Gasteiger partial charge in [0, 0.05) is 23.7 Å². The molecule has 1 amide bonds. The molecule has 7 nitrogen and oxygen atoms in total. The maximum absolute atomic E-state index is 13.4. The Morgan fingerprint density at radius 1 is 1.24 bits per heavy atom. The van der Waals surface area contributed by atoms with Crippen LogP contribution in [0.3, 0.4) is 0 Å². The van der Waals surface area contributed by atoms with Gasteiger partial charge in [0.1, 0.15) is 17.2 Å². The van der Waals surface area contributed by atoms with E-state index < -0.39 is 0 Å². The largest absolute Gasteiger partial charge is 0.358 e. The number of amides is 1. The van der Waals surface area contributed by atoms with E-state index in [1.807, 2.05) is 13.8 Å². The summed E-state index contributed by atoms with van der Waals surface area (Å²) in [6.45, 7) is 5.60. The van der Waals surface area contributed by atoms with E-state index in [1.165, 1.54) is 12.1 Å². The van der Waals surface area contributed by atoms with Crippen molar-refractivity contribution in [2.75, 3.05) is 13.1 Å².